The highest BCUT2D eigenvalue weighted by Crippen LogP contribution is 2.14. The van der Waals surface area contributed by atoms with Gasteiger partial charge in [-0.15, -0.1) is 0 Å². The zero-order chi connectivity index (χ0) is 14.1. The van der Waals surface area contributed by atoms with Crippen LogP contribution in [-0.2, 0) is 10.5 Å². The Labute approximate surface area is 119 Å². The number of hydrogen-bond donors (Lipinski definition) is 1. The third-order valence-corrected chi connectivity index (χ3v) is 3.94. The molecule has 1 N–H and O–H groups in total. The van der Waals surface area contributed by atoms with Gasteiger partial charge in [-0.1, -0.05) is 38.5 Å². The van der Waals surface area contributed by atoms with Crippen LogP contribution in [-0.4, -0.2) is 18.2 Å². The van der Waals surface area contributed by atoms with E-state index >= 15 is 0 Å². The molecular formula is C15H22FNOS. The smallest absolute Gasteiger partial charge is 0.222 e. The fraction of sp³-hybridized carbons (Fsp3) is 0.533. The maximum atomic E-state index is 13.3. The molecule has 19 heavy (non-hydrogen) atoms. The van der Waals surface area contributed by atoms with Crippen LogP contribution in [0.15, 0.2) is 24.3 Å². The first-order valence-corrected chi connectivity index (χ1v) is 7.89. The van der Waals surface area contributed by atoms with Crippen molar-refractivity contribution in [3.63, 3.8) is 0 Å². The molecule has 0 aliphatic carbocycles. The molecule has 0 aliphatic heterocycles. The first-order chi connectivity index (χ1) is 9.15. The molecule has 106 valence electrons. The summed E-state index contributed by atoms with van der Waals surface area (Å²) >= 11 is 1.63. The Morgan fingerprint density at radius 2 is 2.16 bits per heavy atom. The lowest BCUT2D eigenvalue weighted by Gasteiger charge is -2.10. The number of amides is 1. The van der Waals surface area contributed by atoms with Gasteiger partial charge in [0.25, 0.3) is 0 Å². The SMILES string of the molecule is CCCC(C)C(=O)NCCSCc1ccccc1F. The van der Waals surface area contributed by atoms with Gasteiger partial charge in [0.05, 0.1) is 0 Å². The van der Waals surface area contributed by atoms with Gasteiger partial charge in [-0.3, -0.25) is 4.79 Å². The Morgan fingerprint density at radius 3 is 2.84 bits per heavy atom. The number of carbonyl (C=O) groups excluding carboxylic acids is 1. The Hall–Kier alpha value is -1.03. The predicted octanol–water partition coefficient (Wildman–Crippen LogP) is 3.61. The second kappa shape index (κ2) is 8.97. The molecule has 1 rings (SSSR count). The van der Waals surface area contributed by atoms with Crippen LogP contribution in [0.4, 0.5) is 4.39 Å². The Balaban J connectivity index is 2.15. The van der Waals surface area contributed by atoms with Crippen molar-refractivity contribution in [1.29, 1.82) is 0 Å². The number of carbonyl (C=O) groups is 1. The van der Waals surface area contributed by atoms with Crippen LogP contribution in [0.25, 0.3) is 0 Å². The topological polar surface area (TPSA) is 29.1 Å². The molecule has 0 aromatic heterocycles. The van der Waals surface area contributed by atoms with E-state index in [2.05, 4.69) is 12.2 Å². The van der Waals surface area contributed by atoms with Crippen molar-refractivity contribution in [3.8, 4) is 0 Å². The molecule has 1 aromatic rings. The number of thioether (sulfide) groups is 1. The summed E-state index contributed by atoms with van der Waals surface area (Å²) < 4.78 is 13.3. The second-order valence-corrected chi connectivity index (χ2v) is 5.73. The van der Waals surface area contributed by atoms with E-state index in [-0.39, 0.29) is 17.6 Å². The lowest BCUT2D eigenvalue weighted by molar-refractivity contribution is -0.124. The van der Waals surface area contributed by atoms with Gasteiger partial charge in [0.2, 0.25) is 5.91 Å². The fourth-order valence-electron chi connectivity index (χ4n) is 1.78. The van der Waals surface area contributed by atoms with Crippen molar-refractivity contribution in [2.24, 2.45) is 5.92 Å². The number of nitrogens with one attached hydrogen (secondary N) is 1. The number of halogens is 1. The zero-order valence-electron chi connectivity index (χ0n) is 11.6. The van der Waals surface area contributed by atoms with Gasteiger partial charge >= 0.3 is 0 Å². The van der Waals surface area contributed by atoms with E-state index < -0.39 is 0 Å². The highest BCUT2D eigenvalue weighted by molar-refractivity contribution is 7.98. The van der Waals surface area contributed by atoms with Crippen molar-refractivity contribution >= 4 is 17.7 Å². The molecule has 1 unspecified atom stereocenters. The lowest BCUT2D eigenvalue weighted by atomic mass is 10.1. The molecule has 4 heteroatoms. The van der Waals surface area contributed by atoms with Crippen LogP contribution in [0, 0.1) is 11.7 Å². The average Bonchev–Trinajstić information content (AvgIpc) is 2.40. The van der Waals surface area contributed by atoms with E-state index in [1.165, 1.54) is 6.07 Å². The third-order valence-electron chi connectivity index (χ3n) is 2.93. The number of rotatable bonds is 8. The summed E-state index contributed by atoms with van der Waals surface area (Å²) in [6.07, 6.45) is 1.95. The first kappa shape index (κ1) is 16.0. The molecule has 0 bridgehead atoms. The highest BCUT2D eigenvalue weighted by Gasteiger charge is 2.10. The molecule has 0 saturated carbocycles. The van der Waals surface area contributed by atoms with Crippen LogP contribution in [0.1, 0.15) is 32.3 Å². The molecule has 1 amide bonds. The van der Waals surface area contributed by atoms with E-state index in [0.29, 0.717) is 12.3 Å². The van der Waals surface area contributed by atoms with Gasteiger partial charge in [0.15, 0.2) is 0 Å². The second-order valence-electron chi connectivity index (χ2n) is 4.62. The summed E-state index contributed by atoms with van der Waals surface area (Å²) in [5, 5.41) is 2.91. The van der Waals surface area contributed by atoms with Gasteiger partial charge in [-0.05, 0) is 18.1 Å². The van der Waals surface area contributed by atoms with E-state index in [4.69, 9.17) is 0 Å². The third kappa shape index (κ3) is 6.10. The maximum absolute atomic E-state index is 13.3. The fourth-order valence-corrected chi connectivity index (χ4v) is 2.63. The van der Waals surface area contributed by atoms with Gasteiger partial charge in [0.1, 0.15) is 5.82 Å². The van der Waals surface area contributed by atoms with Crippen molar-refractivity contribution in [3.05, 3.63) is 35.6 Å². The van der Waals surface area contributed by atoms with Gasteiger partial charge in [-0.2, -0.15) is 11.8 Å². The standard InChI is InChI=1S/C15H22FNOS/c1-3-6-12(2)15(18)17-9-10-19-11-13-7-4-5-8-14(13)16/h4-5,7-8,12H,3,6,9-11H2,1-2H3,(H,17,18). The van der Waals surface area contributed by atoms with Crippen molar-refractivity contribution in [2.45, 2.75) is 32.4 Å². The van der Waals surface area contributed by atoms with Crippen LogP contribution >= 0.6 is 11.8 Å². The molecule has 0 heterocycles. The molecular weight excluding hydrogens is 261 g/mol. The van der Waals surface area contributed by atoms with E-state index in [0.717, 1.165) is 24.2 Å². The molecule has 0 spiro atoms. The minimum Gasteiger partial charge on any atom is -0.355 e. The lowest BCUT2D eigenvalue weighted by Crippen LogP contribution is -2.30. The van der Waals surface area contributed by atoms with Crippen molar-refractivity contribution in [2.75, 3.05) is 12.3 Å². The van der Waals surface area contributed by atoms with E-state index in [1.807, 2.05) is 13.0 Å². The first-order valence-electron chi connectivity index (χ1n) is 6.74. The largest absolute Gasteiger partial charge is 0.355 e. The van der Waals surface area contributed by atoms with Crippen LogP contribution in [0.5, 0.6) is 0 Å². The van der Waals surface area contributed by atoms with E-state index in [9.17, 15) is 9.18 Å². The predicted molar refractivity (Wildman–Crippen MR) is 79.6 cm³/mol. The van der Waals surface area contributed by atoms with E-state index in [1.54, 1.807) is 23.9 Å². The summed E-state index contributed by atoms with van der Waals surface area (Å²) in [6.45, 7) is 4.67. The Bertz CT molecular complexity index is 397. The molecule has 0 saturated heterocycles. The summed E-state index contributed by atoms with van der Waals surface area (Å²) in [5.74, 6) is 1.50. The Morgan fingerprint density at radius 1 is 1.42 bits per heavy atom. The van der Waals surface area contributed by atoms with Crippen LogP contribution in [0.2, 0.25) is 0 Å². The molecule has 2 nitrogen and oxygen atoms in total. The van der Waals surface area contributed by atoms with Gasteiger partial charge in [0, 0.05) is 24.0 Å². The van der Waals surface area contributed by atoms with Crippen LogP contribution < -0.4 is 5.32 Å². The summed E-state index contributed by atoms with van der Waals surface area (Å²) in [6, 6.07) is 6.81. The van der Waals surface area contributed by atoms with Crippen LogP contribution in [0.3, 0.4) is 0 Å². The molecule has 0 fully saturated rings. The molecule has 1 aromatic carbocycles. The van der Waals surface area contributed by atoms with Crippen molar-refractivity contribution in [1.82, 2.24) is 5.32 Å². The molecule has 0 aliphatic rings. The van der Waals surface area contributed by atoms with Gasteiger partial charge < -0.3 is 5.32 Å². The quantitative estimate of drug-likeness (QED) is 0.738. The van der Waals surface area contributed by atoms with Crippen molar-refractivity contribution < 1.29 is 9.18 Å². The minimum atomic E-state index is -0.157. The monoisotopic (exact) mass is 283 g/mol. The summed E-state index contributed by atoms with van der Waals surface area (Å²) in [4.78, 5) is 11.6. The average molecular weight is 283 g/mol. The normalized spacial score (nSPS) is 12.2. The summed E-state index contributed by atoms with van der Waals surface area (Å²) in [5.41, 5.74) is 0.721. The highest BCUT2D eigenvalue weighted by atomic mass is 32.2. The maximum Gasteiger partial charge on any atom is 0.222 e. The summed E-state index contributed by atoms with van der Waals surface area (Å²) in [7, 11) is 0. The number of benzene rings is 1. The van der Waals surface area contributed by atoms with Gasteiger partial charge in [-0.25, -0.2) is 4.39 Å². The minimum absolute atomic E-state index is 0.0848. The molecule has 0 radical (unpaired) electrons. The molecule has 1 atom stereocenters. The zero-order valence-corrected chi connectivity index (χ0v) is 12.4. The Kier molecular flexibility index (Phi) is 7.56. The number of hydrogen-bond acceptors (Lipinski definition) is 2.